The van der Waals surface area contributed by atoms with Gasteiger partial charge in [-0.25, -0.2) is 0 Å². The second kappa shape index (κ2) is 3.35. The van der Waals surface area contributed by atoms with E-state index in [2.05, 4.69) is 37.3 Å². The normalized spacial score (nSPS) is 27.4. The Balaban J connectivity index is 2.13. The predicted octanol–water partition coefficient (Wildman–Crippen LogP) is 2.44. The van der Waals surface area contributed by atoms with Gasteiger partial charge >= 0.3 is 0 Å². The Hall–Kier alpha value is -1.08. The summed E-state index contributed by atoms with van der Waals surface area (Å²) in [4.78, 5) is 0. The molecule has 0 aromatic heterocycles. The number of nitrogens with two attached hydrogens (primary N) is 1. The molecule has 1 aromatic carbocycles. The van der Waals surface area contributed by atoms with Crippen LogP contribution in [0.3, 0.4) is 0 Å². The van der Waals surface area contributed by atoms with Crippen molar-refractivity contribution in [2.75, 3.05) is 0 Å². The standard InChI is InChI=1S/C12H15N/c1-9(7-11-8-12(11)13)10-5-3-2-4-6-10/h2-7,11-12H,8,13H2,1H3. The molecule has 2 rings (SSSR count). The average molecular weight is 173 g/mol. The van der Waals surface area contributed by atoms with Gasteiger partial charge in [-0.05, 0) is 30.4 Å². The molecule has 0 amide bonds. The van der Waals surface area contributed by atoms with Gasteiger partial charge in [0.25, 0.3) is 0 Å². The highest BCUT2D eigenvalue weighted by Crippen LogP contribution is 2.32. The van der Waals surface area contributed by atoms with Gasteiger partial charge in [-0.15, -0.1) is 0 Å². The van der Waals surface area contributed by atoms with E-state index in [0.717, 1.165) is 6.42 Å². The molecule has 0 radical (unpaired) electrons. The van der Waals surface area contributed by atoms with E-state index in [1.54, 1.807) is 0 Å². The quantitative estimate of drug-likeness (QED) is 0.730. The van der Waals surface area contributed by atoms with E-state index in [1.165, 1.54) is 11.1 Å². The van der Waals surface area contributed by atoms with Crippen molar-refractivity contribution in [2.24, 2.45) is 11.7 Å². The fourth-order valence-electron chi connectivity index (χ4n) is 1.55. The van der Waals surface area contributed by atoms with Crippen LogP contribution in [0.4, 0.5) is 0 Å². The zero-order valence-electron chi connectivity index (χ0n) is 7.90. The van der Waals surface area contributed by atoms with Crippen molar-refractivity contribution < 1.29 is 0 Å². The monoisotopic (exact) mass is 173 g/mol. The molecule has 68 valence electrons. The molecule has 2 N–H and O–H groups in total. The van der Waals surface area contributed by atoms with Gasteiger partial charge in [0.2, 0.25) is 0 Å². The second-order valence-electron chi connectivity index (χ2n) is 3.78. The minimum atomic E-state index is 0.415. The minimum absolute atomic E-state index is 0.415. The summed E-state index contributed by atoms with van der Waals surface area (Å²) in [6.45, 7) is 2.15. The molecule has 1 aliphatic rings. The highest BCUT2D eigenvalue weighted by atomic mass is 14.7. The van der Waals surface area contributed by atoms with Crippen LogP contribution in [0.2, 0.25) is 0 Å². The predicted molar refractivity (Wildman–Crippen MR) is 56.2 cm³/mol. The van der Waals surface area contributed by atoms with Gasteiger partial charge < -0.3 is 5.73 Å². The first-order valence-corrected chi connectivity index (χ1v) is 4.77. The fourth-order valence-corrected chi connectivity index (χ4v) is 1.55. The van der Waals surface area contributed by atoms with Crippen LogP contribution >= 0.6 is 0 Å². The zero-order chi connectivity index (χ0) is 9.26. The summed E-state index contributed by atoms with van der Waals surface area (Å²) < 4.78 is 0. The molecule has 1 fully saturated rings. The van der Waals surface area contributed by atoms with Gasteiger partial charge in [0.1, 0.15) is 0 Å². The van der Waals surface area contributed by atoms with E-state index in [0.29, 0.717) is 12.0 Å². The summed E-state index contributed by atoms with van der Waals surface area (Å²) in [6, 6.07) is 10.9. The van der Waals surface area contributed by atoms with Gasteiger partial charge in [0, 0.05) is 6.04 Å². The molecule has 0 bridgehead atoms. The molecule has 1 aromatic rings. The van der Waals surface area contributed by atoms with Crippen molar-refractivity contribution in [3.8, 4) is 0 Å². The van der Waals surface area contributed by atoms with Crippen LogP contribution in [0.25, 0.3) is 5.57 Å². The lowest BCUT2D eigenvalue weighted by atomic mass is 10.1. The first-order chi connectivity index (χ1) is 6.27. The van der Waals surface area contributed by atoms with Gasteiger partial charge in [-0.1, -0.05) is 36.4 Å². The summed E-state index contributed by atoms with van der Waals surface area (Å²) in [7, 11) is 0. The third-order valence-corrected chi connectivity index (χ3v) is 2.58. The highest BCUT2D eigenvalue weighted by molar-refractivity contribution is 5.64. The van der Waals surface area contributed by atoms with Gasteiger partial charge in [-0.3, -0.25) is 0 Å². The Morgan fingerprint density at radius 2 is 2.00 bits per heavy atom. The largest absolute Gasteiger partial charge is 0.327 e. The molecule has 1 heteroatoms. The Labute approximate surface area is 79.3 Å². The highest BCUT2D eigenvalue weighted by Gasteiger charge is 2.30. The maximum absolute atomic E-state index is 5.75. The summed E-state index contributed by atoms with van der Waals surface area (Å²) in [6.07, 6.45) is 3.45. The smallest absolute Gasteiger partial charge is 0.0109 e. The van der Waals surface area contributed by atoms with Crippen LogP contribution in [-0.4, -0.2) is 6.04 Å². The Kier molecular flexibility index (Phi) is 2.19. The maximum atomic E-state index is 5.75. The Morgan fingerprint density at radius 3 is 2.54 bits per heavy atom. The average Bonchev–Trinajstić information content (AvgIpc) is 2.83. The molecular formula is C12H15N. The van der Waals surface area contributed by atoms with Crippen LogP contribution < -0.4 is 5.73 Å². The Bertz CT molecular complexity index is 313. The SMILES string of the molecule is CC(=CC1CC1N)c1ccccc1. The number of rotatable bonds is 2. The molecule has 2 unspecified atom stereocenters. The molecule has 0 heterocycles. The van der Waals surface area contributed by atoms with E-state index in [9.17, 15) is 0 Å². The van der Waals surface area contributed by atoms with Crippen molar-refractivity contribution in [3.05, 3.63) is 42.0 Å². The number of allylic oxidation sites excluding steroid dienone is 1. The zero-order valence-corrected chi connectivity index (χ0v) is 7.90. The lowest BCUT2D eigenvalue weighted by molar-refractivity contribution is 0.976. The Morgan fingerprint density at radius 1 is 1.38 bits per heavy atom. The molecule has 13 heavy (non-hydrogen) atoms. The van der Waals surface area contributed by atoms with E-state index in [4.69, 9.17) is 5.73 Å². The molecule has 0 aliphatic heterocycles. The third kappa shape index (κ3) is 1.99. The lowest BCUT2D eigenvalue weighted by Crippen LogP contribution is -2.00. The fraction of sp³-hybridized carbons (Fsp3) is 0.333. The topological polar surface area (TPSA) is 26.0 Å². The molecule has 0 spiro atoms. The molecule has 1 saturated carbocycles. The minimum Gasteiger partial charge on any atom is -0.327 e. The van der Waals surface area contributed by atoms with Gasteiger partial charge in [-0.2, -0.15) is 0 Å². The van der Waals surface area contributed by atoms with Crippen LogP contribution in [0, 0.1) is 5.92 Å². The molecule has 1 nitrogen and oxygen atoms in total. The summed E-state index contributed by atoms with van der Waals surface area (Å²) in [5.41, 5.74) is 8.40. The summed E-state index contributed by atoms with van der Waals surface area (Å²) in [5.74, 6) is 0.625. The lowest BCUT2D eigenvalue weighted by Gasteiger charge is -1.99. The van der Waals surface area contributed by atoms with Crippen LogP contribution in [0.5, 0.6) is 0 Å². The first-order valence-electron chi connectivity index (χ1n) is 4.77. The number of benzene rings is 1. The van der Waals surface area contributed by atoms with Crippen molar-refractivity contribution in [2.45, 2.75) is 19.4 Å². The van der Waals surface area contributed by atoms with Crippen molar-refractivity contribution in [3.63, 3.8) is 0 Å². The van der Waals surface area contributed by atoms with Crippen LogP contribution in [0.1, 0.15) is 18.9 Å². The number of hydrogen-bond donors (Lipinski definition) is 1. The van der Waals surface area contributed by atoms with Crippen LogP contribution in [-0.2, 0) is 0 Å². The molecule has 2 atom stereocenters. The van der Waals surface area contributed by atoms with Crippen LogP contribution in [0.15, 0.2) is 36.4 Å². The summed E-state index contributed by atoms with van der Waals surface area (Å²) >= 11 is 0. The van der Waals surface area contributed by atoms with Crippen molar-refractivity contribution >= 4 is 5.57 Å². The number of hydrogen-bond acceptors (Lipinski definition) is 1. The van der Waals surface area contributed by atoms with Crippen molar-refractivity contribution in [1.82, 2.24) is 0 Å². The summed E-state index contributed by atoms with van der Waals surface area (Å²) in [5, 5.41) is 0. The van der Waals surface area contributed by atoms with Gasteiger partial charge in [0.15, 0.2) is 0 Å². The van der Waals surface area contributed by atoms with Crippen molar-refractivity contribution in [1.29, 1.82) is 0 Å². The van der Waals surface area contributed by atoms with E-state index in [1.807, 2.05) is 6.07 Å². The van der Waals surface area contributed by atoms with E-state index in [-0.39, 0.29) is 0 Å². The van der Waals surface area contributed by atoms with E-state index >= 15 is 0 Å². The molecule has 0 saturated heterocycles. The first kappa shape index (κ1) is 8.52. The van der Waals surface area contributed by atoms with Gasteiger partial charge in [0.05, 0.1) is 0 Å². The van der Waals surface area contributed by atoms with E-state index < -0.39 is 0 Å². The second-order valence-corrected chi connectivity index (χ2v) is 3.78. The molecule has 1 aliphatic carbocycles. The maximum Gasteiger partial charge on any atom is 0.0109 e. The third-order valence-electron chi connectivity index (χ3n) is 2.58. The molecular weight excluding hydrogens is 158 g/mol.